The predicted molar refractivity (Wildman–Crippen MR) is 107 cm³/mol. The van der Waals surface area contributed by atoms with Gasteiger partial charge in [-0.1, -0.05) is 42.0 Å². The molecular formula is C22H20N4O. The summed E-state index contributed by atoms with van der Waals surface area (Å²) >= 11 is 0. The van der Waals surface area contributed by atoms with Crippen molar-refractivity contribution in [2.45, 2.75) is 13.0 Å². The molecule has 5 nitrogen and oxygen atoms in total. The Labute approximate surface area is 157 Å². The molecule has 0 saturated carbocycles. The van der Waals surface area contributed by atoms with Gasteiger partial charge >= 0.3 is 0 Å². The van der Waals surface area contributed by atoms with Crippen LogP contribution in [0.4, 0.5) is 5.82 Å². The van der Waals surface area contributed by atoms with Gasteiger partial charge in [-0.2, -0.15) is 0 Å². The normalized spacial score (nSPS) is 12.1. The first kappa shape index (κ1) is 17.1. The minimum absolute atomic E-state index is 0.358. The number of benzene rings is 2. The molecule has 2 aromatic carbocycles. The van der Waals surface area contributed by atoms with Gasteiger partial charge < -0.3 is 10.4 Å². The van der Waals surface area contributed by atoms with Gasteiger partial charge in [0.2, 0.25) is 0 Å². The van der Waals surface area contributed by atoms with E-state index in [1.807, 2.05) is 67.6 Å². The van der Waals surface area contributed by atoms with Crippen LogP contribution in [0, 0.1) is 6.92 Å². The van der Waals surface area contributed by atoms with Crippen LogP contribution < -0.4 is 5.32 Å². The largest absolute Gasteiger partial charge is 0.387 e. The molecule has 0 fully saturated rings. The summed E-state index contributed by atoms with van der Waals surface area (Å²) in [7, 11) is 0. The monoisotopic (exact) mass is 356 g/mol. The van der Waals surface area contributed by atoms with Crippen LogP contribution in [0.25, 0.3) is 22.3 Å². The van der Waals surface area contributed by atoms with E-state index < -0.39 is 6.10 Å². The molecule has 2 aromatic heterocycles. The number of hydrogen-bond acceptors (Lipinski definition) is 5. The van der Waals surface area contributed by atoms with E-state index in [1.54, 1.807) is 12.4 Å². The number of rotatable bonds is 5. The highest BCUT2D eigenvalue weighted by Gasteiger charge is 2.12. The van der Waals surface area contributed by atoms with Crippen LogP contribution in [0.15, 0.2) is 73.1 Å². The third kappa shape index (κ3) is 3.78. The first-order valence-corrected chi connectivity index (χ1v) is 8.86. The van der Waals surface area contributed by atoms with E-state index in [0.29, 0.717) is 18.2 Å². The summed E-state index contributed by atoms with van der Waals surface area (Å²) < 4.78 is 0. The highest BCUT2D eigenvalue weighted by molar-refractivity contribution is 5.90. The van der Waals surface area contributed by atoms with Gasteiger partial charge in [-0.3, -0.25) is 4.98 Å². The average molecular weight is 356 g/mol. The fourth-order valence-corrected chi connectivity index (χ4v) is 3.02. The fourth-order valence-electron chi connectivity index (χ4n) is 3.02. The molecule has 0 spiro atoms. The molecule has 0 radical (unpaired) electrons. The maximum absolute atomic E-state index is 10.5. The molecule has 4 aromatic rings. The van der Waals surface area contributed by atoms with Crippen LogP contribution in [-0.4, -0.2) is 26.6 Å². The molecule has 1 unspecified atom stereocenters. The minimum atomic E-state index is -0.625. The minimum Gasteiger partial charge on any atom is -0.387 e. The highest BCUT2D eigenvalue weighted by Crippen LogP contribution is 2.25. The zero-order chi connectivity index (χ0) is 18.6. The number of pyridine rings is 1. The number of anilines is 1. The van der Waals surface area contributed by atoms with Crippen molar-refractivity contribution in [3.05, 3.63) is 84.2 Å². The van der Waals surface area contributed by atoms with E-state index in [9.17, 15) is 5.11 Å². The third-order valence-corrected chi connectivity index (χ3v) is 4.41. The van der Waals surface area contributed by atoms with Crippen LogP contribution in [0.1, 0.15) is 17.2 Å². The number of hydrogen-bond donors (Lipinski definition) is 2. The maximum atomic E-state index is 10.5. The van der Waals surface area contributed by atoms with Crippen LogP contribution in [0.2, 0.25) is 0 Å². The molecule has 5 heteroatoms. The van der Waals surface area contributed by atoms with Crippen molar-refractivity contribution in [3.63, 3.8) is 0 Å². The number of aromatic nitrogens is 3. The topological polar surface area (TPSA) is 70.9 Å². The molecule has 0 bridgehead atoms. The van der Waals surface area contributed by atoms with Gasteiger partial charge in [-0.05, 0) is 36.8 Å². The highest BCUT2D eigenvalue weighted by atomic mass is 16.3. The quantitative estimate of drug-likeness (QED) is 0.562. The number of nitrogens with zero attached hydrogens (tertiary/aromatic N) is 3. The Morgan fingerprint density at radius 3 is 2.70 bits per heavy atom. The van der Waals surface area contributed by atoms with Crippen LogP contribution >= 0.6 is 0 Å². The molecule has 0 aliphatic carbocycles. The van der Waals surface area contributed by atoms with E-state index in [0.717, 1.165) is 27.6 Å². The van der Waals surface area contributed by atoms with Gasteiger partial charge in [0.15, 0.2) is 5.82 Å². The molecule has 0 aliphatic heterocycles. The molecular weight excluding hydrogens is 336 g/mol. The summed E-state index contributed by atoms with van der Waals surface area (Å²) in [5.74, 6) is 1.31. The van der Waals surface area contributed by atoms with Crippen molar-refractivity contribution >= 4 is 16.7 Å². The van der Waals surface area contributed by atoms with Crippen LogP contribution in [0.3, 0.4) is 0 Å². The van der Waals surface area contributed by atoms with E-state index in [1.165, 1.54) is 0 Å². The SMILES string of the molecule is Cc1cccc(C(O)CNc2nc(-c3cccnc3)nc3ccccc23)c1. The summed E-state index contributed by atoms with van der Waals surface area (Å²) in [4.78, 5) is 13.5. The van der Waals surface area contributed by atoms with Gasteiger partial charge in [0.05, 0.1) is 11.6 Å². The van der Waals surface area contributed by atoms with Crippen molar-refractivity contribution in [2.24, 2.45) is 0 Å². The predicted octanol–water partition coefficient (Wildman–Crippen LogP) is 4.15. The van der Waals surface area contributed by atoms with E-state index in [-0.39, 0.29) is 0 Å². The summed E-state index contributed by atoms with van der Waals surface area (Å²) in [5, 5.41) is 14.8. The molecule has 27 heavy (non-hydrogen) atoms. The number of fused-ring (bicyclic) bond motifs is 1. The van der Waals surface area contributed by atoms with Crippen LogP contribution in [0.5, 0.6) is 0 Å². The lowest BCUT2D eigenvalue weighted by Gasteiger charge is -2.15. The van der Waals surface area contributed by atoms with Crippen molar-refractivity contribution in [1.29, 1.82) is 0 Å². The number of aliphatic hydroxyl groups is 1. The first-order valence-electron chi connectivity index (χ1n) is 8.86. The van der Waals surface area contributed by atoms with Gasteiger partial charge in [0.25, 0.3) is 0 Å². The first-order chi connectivity index (χ1) is 13.2. The van der Waals surface area contributed by atoms with Crippen LogP contribution in [-0.2, 0) is 0 Å². The maximum Gasteiger partial charge on any atom is 0.163 e. The fraction of sp³-hybridized carbons (Fsp3) is 0.136. The number of para-hydroxylation sites is 1. The third-order valence-electron chi connectivity index (χ3n) is 4.41. The standard InChI is InChI=1S/C22H20N4O/c1-15-6-4-7-16(12-15)20(27)14-24-22-18-9-2-3-10-19(18)25-21(26-22)17-8-5-11-23-13-17/h2-13,20,27H,14H2,1H3,(H,24,25,26). The Bertz CT molecular complexity index is 1070. The molecule has 2 N–H and O–H groups in total. The Morgan fingerprint density at radius 1 is 1.00 bits per heavy atom. The zero-order valence-electron chi connectivity index (χ0n) is 15.0. The van der Waals surface area contributed by atoms with Crippen molar-refractivity contribution < 1.29 is 5.11 Å². The second kappa shape index (κ2) is 7.51. The van der Waals surface area contributed by atoms with Crippen molar-refractivity contribution in [3.8, 4) is 11.4 Å². The summed E-state index contributed by atoms with van der Waals surface area (Å²) in [6, 6.07) is 19.5. The second-order valence-corrected chi connectivity index (χ2v) is 6.47. The molecule has 1 atom stereocenters. The molecule has 0 saturated heterocycles. The van der Waals surface area contributed by atoms with Gasteiger partial charge in [0.1, 0.15) is 5.82 Å². The number of nitrogens with one attached hydrogen (secondary N) is 1. The summed E-state index contributed by atoms with van der Waals surface area (Å²) in [5.41, 5.74) is 3.70. The Kier molecular flexibility index (Phi) is 4.77. The lowest BCUT2D eigenvalue weighted by Crippen LogP contribution is -2.14. The van der Waals surface area contributed by atoms with E-state index in [4.69, 9.17) is 0 Å². The molecule has 134 valence electrons. The van der Waals surface area contributed by atoms with E-state index >= 15 is 0 Å². The Balaban J connectivity index is 1.66. The second-order valence-electron chi connectivity index (χ2n) is 6.47. The average Bonchev–Trinajstić information content (AvgIpc) is 2.72. The van der Waals surface area contributed by atoms with Gasteiger partial charge in [0, 0.05) is 29.9 Å². The number of aryl methyl sites for hydroxylation is 1. The lowest BCUT2D eigenvalue weighted by molar-refractivity contribution is 0.191. The lowest BCUT2D eigenvalue weighted by atomic mass is 10.1. The molecule has 0 aliphatic rings. The van der Waals surface area contributed by atoms with Crippen molar-refractivity contribution in [1.82, 2.24) is 15.0 Å². The van der Waals surface area contributed by atoms with Crippen molar-refractivity contribution in [2.75, 3.05) is 11.9 Å². The van der Waals surface area contributed by atoms with Gasteiger partial charge in [-0.15, -0.1) is 0 Å². The summed E-state index contributed by atoms with van der Waals surface area (Å²) in [6.45, 7) is 2.37. The number of aliphatic hydroxyl groups excluding tert-OH is 1. The van der Waals surface area contributed by atoms with E-state index in [2.05, 4.69) is 20.3 Å². The Hall–Kier alpha value is -3.31. The zero-order valence-corrected chi connectivity index (χ0v) is 15.0. The molecule has 2 heterocycles. The summed E-state index contributed by atoms with van der Waals surface area (Å²) in [6.07, 6.45) is 2.85. The smallest absolute Gasteiger partial charge is 0.163 e. The van der Waals surface area contributed by atoms with Gasteiger partial charge in [-0.25, -0.2) is 9.97 Å². The Morgan fingerprint density at radius 2 is 1.89 bits per heavy atom. The molecule has 4 rings (SSSR count). The molecule has 0 amide bonds.